The van der Waals surface area contributed by atoms with Crippen LogP contribution in [0.2, 0.25) is 0 Å². The van der Waals surface area contributed by atoms with Gasteiger partial charge in [-0.15, -0.1) is 0 Å². The number of carbonyl (C=O) groups is 1. The molecule has 66 valence electrons. The number of thioether (sulfide) groups is 1. The first-order chi connectivity index (χ1) is 5.75. The van der Waals surface area contributed by atoms with Gasteiger partial charge in [-0.1, -0.05) is 0 Å². The average molecular weight is 185 g/mol. The van der Waals surface area contributed by atoms with E-state index in [0.29, 0.717) is 5.69 Å². The molecule has 1 N–H and O–H groups in total. The number of rotatable bonds is 4. The van der Waals surface area contributed by atoms with Gasteiger partial charge in [-0.25, -0.2) is 4.79 Å². The highest BCUT2D eigenvalue weighted by molar-refractivity contribution is 7.98. The summed E-state index contributed by atoms with van der Waals surface area (Å²) in [6.45, 7) is 0.760. The first-order valence-corrected chi connectivity index (χ1v) is 5.02. The maximum atomic E-state index is 10.6. The summed E-state index contributed by atoms with van der Waals surface area (Å²) in [5, 5.41) is 8.73. The van der Waals surface area contributed by atoms with Gasteiger partial charge in [-0.05, 0) is 18.4 Å². The lowest BCUT2D eigenvalue weighted by Crippen LogP contribution is -2.08. The van der Waals surface area contributed by atoms with Crippen LogP contribution in [-0.4, -0.2) is 27.7 Å². The van der Waals surface area contributed by atoms with Crippen molar-refractivity contribution in [2.75, 3.05) is 12.0 Å². The van der Waals surface area contributed by atoms with Gasteiger partial charge in [-0.3, -0.25) is 0 Å². The fourth-order valence-corrected chi connectivity index (χ4v) is 1.37. The molecule has 3 nitrogen and oxygen atoms in total. The second-order valence-electron chi connectivity index (χ2n) is 2.38. The van der Waals surface area contributed by atoms with Crippen LogP contribution in [0, 0.1) is 0 Å². The number of hydrogen-bond donors (Lipinski definition) is 1. The van der Waals surface area contributed by atoms with Crippen molar-refractivity contribution in [1.82, 2.24) is 4.57 Å². The highest BCUT2D eigenvalue weighted by Gasteiger charge is 2.06. The minimum atomic E-state index is -0.860. The molecule has 0 aromatic carbocycles. The summed E-state index contributed by atoms with van der Waals surface area (Å²) in [5.74, 6) is 0.0794. The Hall–Kier alpha value is -0.900. The van der Waals surface area contributed by atoms with Gasteiger partial charge in [-0.2, -0.15) is 11.8 Å². The van der Waals surface area contributed by atoms with Crippen molar-refractivity contribution in [3.8, 4) is 0 Å². The van der Waals surface area contributed by atoms with Crippen LogP contribution in [0.5, 0.6) is 0 Å². The van der Waals surface area contributed by atoms with E-state index in [1.165, 1.54) is 0 Å². The van der Waals surface area contributed by atoms with E-state index >= 15 is 0 Å². The van der Waals surface area contributed by atoms with Crippen LogP contribution in [0.15, 0.2) is 18.3 Å². The van der Waals surface area contributed by atoms with Crippen LogP contribution >= 0.6 is 11.8 Å². The van der Waals surface area contributed by atoms with Crippen LogP contribution in [0.1, 0.15) is 10.5 Å². The van der Waals surface area contributed by atoms with Crippen LogP contribution in [0.3, 0.4) is 0 Å². The molecule has 0 saturated heterocycles. The molecule has 0 aliphatic carbocycles. The molecule has 0 aliphatic heterocycles. The highest BCUT2D eigenvalue weighted by atomic mass is 32.2. The molecule has 4 heteroatoms. The Morgan fingerprint density at radius 3 is 3.08 bits per heavy atom. The van der Waals surface area contributed by atoms with E-state index in [2.05, 4.69) is 0 Å². The quantitative estimate of drug-likeness (QED) is 0.773. The van der Waals surface area contributed by atoms with Gasteiger partial charge in [0.25, 0.3) is 0 Å². The number of carboxylic acid groups (broad SMARTS) is 1. The Morgan fingerprint density at radius 1 is 1.75 bits per heavy atom. The molecule has 0 atom stereocenters. The molecule has 0 saturated carbocycles. The molecular formula is C8H11NO2S. The summed E-state index contributed by atoms with van der Waals surface area (Å²) in [6, 6.07) is 3.37. The molecule has 0 fully saturated rings. The molecule has 0 amide bonds. The second kappa shape index (κ2) is 4.21. The van der Waals surface area contributed by atoms with E-state index in [1.807, 2.05) is 6.26 Å². The summed E-state index contributed by atoms with van der Waals surface area (Å²) in [5.41, 5.74) is 0.365. The summed E-state index contributed by atoms with van der Waals surface area (Å²) < 4.78 is 1.75. The smallest absolute Gasteiger partial charge is 0.352 e. The van der Waals surface area contributed by atoms with Crippen molar-refractivity contribution in [3.05, 3.63) is 24.0 Å². The molecule has 1 rings (SSSR count). The molecule has 0 unspecified atom stereocenters. The Kier molecular flexibility index (Phi) is 3.22. The van der Waals surface area contributed by atoms with Crippen LogP contribution in [0.4, 0.5) is 0 Å². The third-order valence-electron chi connectivity index (χ3n) is 1.58. The van der Waals surface area contributed by atoms with Gasteiger partial charge in [0.1, 0.15) is 5.69 Å². The predicted octanol–water partition coefficient (Wildman–Crippen LogP) is 1.55. The third kappa shape index (κ3) is 2.04. The van der Waals surface area contributed by atoms with Crippen LogP contribution in [-0.2, 0) is 6.54 Å². The first kappa shape index (κ1) is 9.19. The Balaban J connectivity index is 2.70. The number of aromatic carboxylic acids is 1. The van der Waals surface area contributed by atoms with Gasteiger partial charge in [0, 0.05) is 18.5 Å². The fourth-order valence-electron chi connectivity index (χ4n) is 0.993. The molecule has 0 radical (unpaired) electrons. The number of aromatic nitrogens is 1. The maximum Gasteiger partial charge on any atom is 0.352 e. The molecule has 1 aromatic rings. The van der Waals surface area contributed by atoms with E-state index in [0.717, 1.165) is 12.3 Å². The number of nitrogens with zero attached hydrogens (tertiary/aromatic N) is 1. The lowest BCUT2D eigenvalue weighted by Gasteiger charge is -2.03. The minimum Gasteiger partial charge on any atom is -0.477 e. The van der Waals surface area contributed by atoms with Crippen molar-refractivity contribution in [3.63, 3.8) is 0 Å². The third-order valence-corrected chi connectivity index (χ3v) is 2.18. The van der Waals surface area contributed by atoms with Crippen molar-refractivity contribution in [2.24, 2.45) is 0 Å². The summed E-state index contributed by atoms with van der Waals surface area (Å²) in [4.78, 5) is 10.6. The molecule has 0 bridgehead atoms. The van der Waals surface area contributed by atoms with Gasteiger partial charge >= 0.3 is 5.97 Å². The molecule has 0 spiro atoms. The Morgan fingerprint density at radius 2 is 2.50 bits per heavy atom. The van der Waals surface area contributed by atoms with Crippen molar-refractivity contribution < 1.29 is 9.90 Å². The highest BCUT2D eigenvalue weighted by Crippen LogP contribution is 2.04. The summed E-state index contributed by atoms with van der Waals surface area (Å²) >= 11 is 1.71. The van der Waals surface area contributed by atoms with Crippen LogP contribution in [0.25, 0.3) is 0 Å². The number of hydrogen-bond acceptors (Lipinski definition) is 2. The number of aryl methyl sites for hydroxylation is 1. The Labute approximate surface area is 75.4 Å². The van der Waals surface area contributed by atoms with Gasteiger partial charge in [0.2, 0.25) is 0 Å². The molecule has 0 aliphatic rings. The van der Waals surface area contributed by atoms with Gasteiger partial charge in [0.15, 0.2) is 0 Å². The predicted molar refractivity (Wildman–Crippen MR) is 49.8 cm³/mol. The van der Waals surface area contributed by atoms with E-state index in [4.69, 9.17) is 5.11 Å². The van der Waals surface area contributed by atoms with Gasteiger partial charge in [0.05, 0.1) is 0 Å². The zero-order valence-corrected chi connectivity index (χ0v) is 7.67. The molecule has 1 heterocycles. The standard InChI is InChI=1S/C8H11NO2S/c1-12-6-5-9-4-2-3-7(9)8(10)11/h2-4H,5-6H2,1H3,(H,10,11). The van der Waals surface area contributed by atoms with E-state index in [-0.39, 0.29) is 0 Å². The van der Waals surface area contributed by atoms with Crippen molar-refractivity contribution >= 4 is 17.7 Å². The summed E-state index contributed by atoms with van der Waals surface area (Å²) in [7, 11) is 0. The normalized spacial score (nSPS) is 10.1. The minimum absolute atomic E-state index is 0.365. The largest absolute Gasteiger partial charge is 0.477 e. The van der Waals surface area contributed by atoms with E-state index < -0.39 is 5.97 Å². The van der Waals surface area contributed by atoms with E-state index in [1.54, 1.807) is 34.7 Å². The Bertz CT molecular complexity index is 270. The lowest BCUT2D eigenvalue weighted by atomic mass is 10.4. The summed E-state index contributed by atoms with van der Waals surface area (Å²) in [6.07, 6.45) is 3.80. The lowest BCUT2D eigenvalue weighted by molar-refractivity contribution is 0.0685. The van der Waals surface area contributed by atoms with Crippen molar-refractivity contribution in [1.29, 1.82) is 0 Å². The number of carboxylic acids is 1. The zero-order chi connectivity index (χ0) is 8.97. The maximum absolute atomic E-state index is 10.6. The van der Waals surface area contributed by atoms with Crippen molar-refractivity contribution in [2.45, 2.75) is 6.54 Å². The van der Waals surface area contributed by atoms with E-state index in [9.17, 15) is 4.79 Å². The molecule has 1 aromatic heterocycles. The fraction of sp³-hybridized carbons (Fsp3) is 0.375. The molecular weight excluding hydrogens is 174 g/mol. The SMILES string of the molecule is CSCCn1cccc1C(=O)O. The average Bonchev–Trinajstić information content (AvgIpc) is 2.48. The zero-order valence-electron chi connectivity index (χ0n) is 6.86. The monoisotopic (exact) mass is 185 g/mol. The topological polar surface area (TPSA) is 42.2 Å². The molecule has 12 heavy (non-hydrogen) atoms. The first-order valence-electron chi connectivity index (χ1n) is 3.63. The second-order valence-corrected chi connectivity index (χ2v) is 3.37. The van der Waals surface area contributed by atoms with Crippen LogP contribution < -0.4 is 0 Å². The van der Waals surface area contributed by atoms with Gasteiger partial charge < -0.3 is 9.67 Å².